The fourth-order valence-corrected chi connectivity index (χ4v) is 2.82. The zero-order valence-corrected chi connectivity index (χ0v) is 13.4. The lowest BCUT2D eigenvalue weighted by Gasteiger charge is -2.30. The van der Waals surface area contributed by atoms with Crippen LogP contribution >= 0.6 is 0 Å². The van der Waals surface area contributed by atoms with Crippen molar-refractivity contribution in [1.82, 2.24) is 10.2 Å². The van der Waals surface area contributed by atoms with E-state index in [1.54, 1.807) is 0 Å². The maximum absolute atomic E-state index is 12.2. The quantitative estimate of drug-likeness (QED) is 0.842. The molecule has 20 heavy (non-hydrogen) atoms. The second-order valence-corrected chi connectivity index (χ2v) is 7.46. The van der Waals surface area contributed by atoms with E-state index in [-0.39, 0.29) is 6.09 Å². The highest BCUT2D eigenvalue weighted by molar-refractivity contribution is 5.68. The van der Waals surface area contributed by atoms with Gasteiger partial charge in [-0.05, 0) is 72.3 Å². The largest absolute Gasteiger partial charge is 0.444 e. The Labute approximate surface area is 123 Å². The van der Waals surface area contributed by atoms with E-state index in [1.807, 2.05) is 25.7 Å². The molecule has 4 nitrogen and oxygen atoms in total. The van der Waals surface area contributed by atoms with Gasteiger partial charge in [-0.1, -0.05) is 0 Å². The summed E-state index contributed by atoms with van der Waals surface area (Å²) in [7, 11) is 0. The first-order valence-corrected chi connectivity index (χ1v) is 8.08. The Morgan fingerprint density at radius 3 is 2.65 bits per heavy atom. The molecule has 1 amide bonds. The first-order chi connectivity index (χ1) is 9.35. The van der Waals surface area contributed by atoms with Gasteiger partial charge in [0.1, 0.15) is 5.60 Å². The van der Waals surface area contributed by atoms with E-state index in [9.17, 15) is 4.79 Å². The molecule has 1 saturated heterocycles. The van der Waals surface area contributed by atoms with E-state index in [1.165, 1.54) is 12.8 Å². The van der Waals surface area contributed by atoms with Gasteiger partial charge in [0.25, 0.3) is 0 Å². The third-order valence-electron chi connectivity index (χ3n) is 4.08. The number of hydrogen-bond donors (Lipinski definition) is 1. The van der Waals surface area contributed by atoms with Crippen LogP contribution < -0.4 is 5.32 Å². The summed E-state index contributed by atoms with van der Waals surface area (Å²) in [4.78, 5) is 14.1. The van der Waals surface area contributed by atoms with Gasteiger partial charge in [0.05, 0.1) is 0 Å². The van der Waals surface area contributed by atoms with E-state index in [2.05, 4.69) is 12.2 Å². The number of hydrogen-bond acceptors (Lipinski definition) is 3. The third-order valence-corrected chi connectivity index (χ3v) is 4.08. The van der Waals surface area contributed by atoms with Crippen molar-refractivity contribution in [1.29, 1.82) is 0 Å². The van der Waals surface area contributed by atoms with Gasteiger partial charge in [-0.3, -0.25) is 0 Å². The molecule has 0 aromatic heterocycles. The van der Waals surface area contributed by atoms with Crippen LogP contribution in [0.3, 0.4) is 0 Å². The van der Waals surface area contributed by atoms with E-state index in [0.29, 0.717) is 12.1 Å². The minimum absolute atomic E-state index is 0.144. The highest BCUT2D eigenvalue weighted by atomic mass is 16.6. The summed E-state index contributed by atoms with van der Waals surface area (Å²) in [5.74, 6) is 0.906. The molecule has 2 rings (SSSR count). The summed E-state index contributed by atoms with van der Waals surface area (Å²) in [5, 5.41) is 3.60. The topological polar surface area (TPSA) is 41.6 Å². The van der Waals surface area contributed by atoms with Gasteiger partial charge in [0.15, 0.2) is 0 Å². The van der Waals surface area contributed by atoms with Gasteiger partial charge in [0, 0.05) is 18.6 Å². The molecule has 116 valence electrons. The molecule has 1 aliphatic heterocycles. The Morgan fingerprint density at radius 1 is 1.35 bits per heavy atom. The smallest absolute Gasteiger partial charge is 0.410 e. The van der Waals surface area contributed by atoms with Gasteiger partial charge >= 0.3 is 6.09 Å². The van der Waals surface area contributed by atoms with Crippen molar-refractivity contribution >= 4 is 6.09 Å². The van der Waals surface area contributed by atoms with Gasteiger partial charge < -0.3 is 15.0 Å². The highest BCUT2D eigenvalue weighted by Crippen LogP contribution is 2.28. The number of carbonyl (C=O) groups is 1. The Balaban J connectivity index is 1.78. The lowest BCUT2D eigenvalue weighted by atomic mass is 10.1. The Bertz CT molecular complexity index is 334. The van der Waals surface area contributed by atoms with Crippen LogP contribution in [0.25, 0.3) is 0 Å². The van der Waals surface area contributed by atoms with Crippen molar-refractivity contribution in [2.45, 2.75) is 77.5 Å². The second kappa shape index (κ2) is 6.33. The number of nitrogens with one attached hydrogen (secondary N) is 1. The number of rotatable bonds is 5. The SMILES string of the molecule is CC(CC1CCCN1C(=O)OC(C)(C)C)NCC1CC1. The molecule has 2 atom stereocenters. The predicted octanol–water partition coefficient (Wildman–Crippen LogP) is 3.16. The molecular formula is C16H30N2O2. The summed E-state index contributed by atoms with van der Waals surface area (Å²) in [6, 6.07) is 0.815. The zero-order chi connectivity index (χ0) is 14.8. The summed E-state index contributed by atoms with van der Waals surface area (Å²) in [6.07, 6.45) is 5.86. The number of amides is 1. The first kappa shape index (κ1) is 15.6. The number of likely N-dealkylation sites (tertiary alicyclic amines) is 1. The number of ether oxygens (including phenoxy) is 1. The van der Waals surface area contributed by atoms with Gasteiger partial charge in [-0.2, -0.15) is 0 Å². The molecule has 2 aliphatic rings. The lowest BCUT2D eigenvalue weighted by Crippen LogP contribution is -2.42. The van der Waals surface area contributed by atoms with Crippen molar-refractivity contribution < 1.29 is 9.53 Å². The molecule has 1 saturated carbocycles. The van der Waals surface area contributed by atoms with Crippen LogP contribution in [0.2, 0.25) is 0 Å². The molecular weight excluding hydrogens is 252 g/mol. The van der Waals surface area contributed by atoms with E-state index in [0.717, 1.165) is 38.3 Å². The van der Waals surface area contributed by atoms with Crippen molar-refractivity contribution in [2.75, 3.05) is 13.1 Å². The van der Waals surface area contributed by atoms with Crippen LogP contribution in [0.15, 0.2) is 0 Å². The van der Waals surface area contributed by atoms with Crippen molar-refractivity contribution in [3.8, 4) is 0 Å². The maximum Gasteiger partial charge on any atom is 0.410 e. The monoisotopic (exact) mass is 282 g/mol. The third kappa shape index (κ3) is 4.97. The Hall–Kier alpha value is -0.770. The second-order valence-electron chi connectivity index (χ2n) is 7.46. The minimum atomic E-state index is -0.403. The average Bonchev–Trinajstić information content (AvgIpc) is 3.03. The Kier molecular flexibility index (Phi) is 4.95. The normalized spacial score (nSPS) is 24.8. The molecule has 0 aromatic rings. The minimum Gasteiger partial charge on any atom is -0.444 e. The maximum atomic E-state index is 12.2. The predicted molar refractivity (Wildman–Crippen MR) is 80.8 cm³/mol. The molecule has 4 heteroatoms. The van der Waals surface area contributed by atoms with E-state index in [4.69, 9.17) is 4.74 Å². The van der Waals surface area contributed by atoms with Crippen LogP contribution in [0.4, 0.5) is 4.79 Å². The molecule has 2 fully saturated rings. The van der Waals surface area contributed by atoms with Crippen LogP contribution in [0.1, 0.15) is 59.8 Å². The summed E-state index contributed by atoms with van der Waals surface area (Å²) in [5.41, 5.74) is -0.403. The summed E-state index contributed by atoms with van der Waals surface area (Å²) < 4.78 is 5.51. The summed E-state index contributed by atoms with van der Waals surface area (Å²) in [6.45, 7) is 9.99. The van der Waals surface area contributed by atoms with Crippen molar-refractivity contribution in [2.24, 2.45) is 5.92 Å². The van der Waals surface area contributed by atoms with Gasteiger partial charge in [-0.15, -0.1) is 0 Å². The molecule has 1 N–H and O–H groups in total. The van der Waals surface area contributed by atoms with Crippen LogP contribution in [-0.4, -0.2) is 41.8 Å². The van der Waals surface area contributed by atoms with E-state index >= 15 is 0 Å². The van der Waals surface area contributed by atoms with Crippen molar-refractivity contribution in [3.05, 3.63) is 0 Å². The molecule has 0 radical (unpaired) electrons. The number of nitrogens with zero attached hydrogens (tertiary/aromatic N) is 1. The van der Waals surface area contributed by atoms with Crippen LogP contribution in [0.5, 0.6) is 0 Å². The van der Waals surface area contributed by atoms with Crippen molar-refractivity contribution in [3.63, 3.8) is 0 Å². The number of carbonyl (C=O) groups excluding carboxylic acids is 1. The lowest BCUT2D eigenvalue weighted by molar-refractivity contribution is 0.0214. The first-order valence-electron chi connectivity index (χ1n) is 8.08. The van der Waals surface area contributed by atoms with Gasteiger partial charge in [0.2, 0.25) is 0 Å². The van der Waals surface area contributed by atoms with Gasteiger partial charge in [-0.25, -0.2) is 4.79 Å². The molecule has 1 heterocycles. The molecule has 0 bridgehead atoms. The molecule has 0 aromatic carbocycles. The molecule has 2 unspecified atom stereocenters. The summed E-state index contributed by atoms with van der Waals surface area (Å²) >= 11 is 0. The molecule has 1 aliphatic carbocycles. The highest BCUT2D eigenvalue weighted by Gasteiger charge is 2.33. The fraction of sp³-hybridized carbons (Fsp3) is 0.938. The van der Waals surface area contributed by atoms with E-state index < -0.39 is 5.60 Å². The Morgan fingerprint density at radius 2 is 2.05 bits per heavy atom. The molecule has 0 spiro atoms. The zero-order valence-electron chi connectivity index (χ0n) is 13.4. The van der Waals surface area contributed by atoms with Crippen LogP contribution in [0, 0.1) is 5.92 Å². The standard InChI is InChI=1S/C16H30N2O2/c1-12(17-11-13-7-8-13)10-14-6-5-9-18(14)15(19)20-16(2,3)4/h12-14,17H,5-11H2,1-4H3. The average molecular weight is 282 g/mol. The van der Waals surface area contributed by atoms with Crippen LogP contribution in [-0.2, 0) is 4.74 Å². The fourth-order valence-electron chi connectivity index (χ4n) is 2.82.